The summed E-state index contributed by atoms with van der Waals surface area (Å²) in [7, 11) is 0. The Morgan fingerprint density at radius 1 is 1.33 bits per heavy atom. The number of aliphatic hydroxyl groups is 1. The van der Waals surface area contributed by atoms with Gasteiger partial charge in [0.05, 0.1) is 23.5 Å². The van der Waals surface area contributed by atoms with Crippen molar-refractivity contribution in [3.63, 3.8) is 0 Å². The topological polar surface area (TPSA) is 49.3 Å². The molecule has 0 saturated heterocycles. The lowest BCUT2D eigenvalue weighted by Gasteiger charge is -2.16. The summed E-state index contributed by atoms with van der Waals surface area (Å²) in [5, 5.41) is 12.3. The van der Waals surface area contributed by atoms with Gasteiger partial charge >= 0.3 is 6.18 Å². The number of aliphatic hydroxyl groups excluding tert-OH is 1. The number of hydrogen-bond acceptors (Lipinski definition) is 3. The normalized spacial score (nSPS) is 22.3. The van der Waals surface area contributed by atoms with Crippen molar-refractivity contribution >= 4 is 23.4 Å². The van der Waals surface area contributed by atoms with Crippen LogP contribution in [0.2, 0.25) is 0 Å². The fourth-order valence-electron chi connectivity index (χ4n) is 2.33. The van der Waals surface area contributed by atoms with Crippen LogP contribution in [0.15, 0.2) is 29.2 Å². The Morgan fingerprint density at radius 3 is 2.67 bits per heavy atom. The molecule has 3 nitrogen and oxygen atoms in total. The van der Waals surface area contributed by atoms with Gasteiger partial charge in [0.2, 0.25) is 5.91 Å². The van der Waals surface area contributed by atoms with Crippen molar-refractivity contribution < 1.29 is 23.1 Å². The van der Waals surface area contributed by atoms with Gasteiger partial charge in [0, 0.05) is 4.90 Å². The largest absolute Gasteiger partial charge is 0.398 e. The molecule has 1 aliphatic rings. The van der Waals surface area contributed by atoms with Crippen LogP contribution in [-0.2, 0) is 4.79 Å². The lowest BCUT2D eigenvalue weighted by molar-refractivity contribution is -0.122. The molecule has 1 aromatic rings. The summed E-state index contributed by atoms with van der Waals surface area (Å²) >= 11 is 0.637. The fourth-order valence-corrected chi connectivity index (χ4v) is 3.10. The van der Waals surface area contributed by atoms with Gasteiger partial charge in [-0.1, -0.05) is 12.1 Å². The molecule has 1 saturated carbocycles. The lowest BCUT2D eigenvalue weighted by atomic mass is 10.1. The van der Waals surface area contributed by atoms with E-state index in [0.29, 0.717) is 35.2 Å². The van der Waals surface area contributed by atoms with Crippen molar-refractivity contribution in [2.24, 2.45) is 5.92 Å². The molecule has 1 aliphatic carbocycles. The Morgan fingerprint density at radius 2 is 2.05 bits per heavy atom. The minimum Gasteiger partial charge on any atom is -0.392 e. The quantitative estimate of drug-likeness (QED) is 0.836. The van der Waals surface area contributed by atoms with Crippen LogP contribution in [-0.4, -0.2) is 29.0 Å². The van der Waals surface area contributed by atoms with Gasteiger partial charge in [-0.15, -0.1) is 11.8 Å². The maximum Gasteiger partial charge on any atom is 0.398 e. The number of benzene rings is 1. The van der Waals surface area contributed by atoms with E-state index in [0.717, 1.165) is 6.42 Å². The van der Waals surface area contributed by atoms with Crippen LogP contribution in [0.5, 0.6) is 0 Å². The molecule has 7 heteroatoms. The maximum absolute atomic E-state index is 12.3. The first-order valence-electron chi connectivity index (χ1n) is 6.64. The first-order chi connectivity index (χ1) is 9.87. The van der Waals surface area contributed by atoms with E-state index in [1.807, 2.05) is 0 Å². The van der Waals surface area contributed by atoms with Crippen LogP contribution >= 0.6 is 11.8 Å². The minimum atomic E-state index is -4.26. The number of carbonyl (C=O) groups excluding carboxylic acids is 1. The SMILES string of the molecule is O=C(Nc1ccccc1SCC(F)(F)F)C1CCCC1O. The molecule has 0 heterocycles. The van der Waals surface area contributed by atoms with Crippen molar-refractivity contribution in [3.05, 3.63) is 24.3 Å². The molecule has 0 spiro atoms. The molecule has 2 atom stereocenters. The van der Waals surface area contributed by atoms with Crippen molar-refractivity contribution in [1.82, 2.24) is 0 Å². The molecule has 2 unspecified atom stereocenters. The number of alkyl halides is 3. The Bertz CT molecular complexity index is 507. The number of para-hydroxylation sites is 1. The average molecular weight is 319 g/mol. The maximum atomic E-state index is 12.3. The number of amides is 1. The number of carbonyl (C=O) groups is 1. The summed E-state index contributed by atoms with van der Waals surface area (Å²) in [6.45, 7) is 0. The van der Waals surface area contributed by atoms with Crippen molar-refractivity contribution in [3.8, 4) is 0 Å². The highest BCUT2D eigenvalue weighted by Gasteiger charge is 2.32. The molecular weight excluding hydrogens is 303 g/mol. The van der Waals surface area contributed by atoms with Crippen molar-refractivity contribution in [1.29, 1.82) is 0 Å². The second kappa shape index (κ2) is 6.70. The Labute approximate surface area is 124 Å². The molecule has 21 heavy (non-hydrogen) atoms. The van der Waals surface area contributed by atoms with E-state index in [-0.39, 0.29) is 5.91 Å². The van der Waals surface area contributed by atoms with Crippen LogP contribution in [0, 0.1) is 5.92 Å². The van der Waals surface area contributed by atoms with Gasteiger partial charge in [-0.3, -0.25) is 4.79 Å². The molecule has 1 fully saturated rings. The Kier molecular flexibility index (Phi) is 5.16. The van der Waals surface area contributed by atoms with Gasteiger partial charge in [0.1, 0.15) is 0 Å². The summed E-state index contributed by atoms with van der Waals surface area (Å²) in [5.41, 5.74) is 0.357. The molecule has 2 N–H and O–H groups in total. The van der Waals surface area contributed by atoms with Crippen LogP contribution in [0.3, 0.4) is 0 Å². The summed E-state index contributed by atoms with van der Waals surface area (Å²) in [5.74, 6) is -1.82. The second-order valence-electron chi connectivity index (χ2n) is 4.99. The van der Waals surface area contributed by atoms with Crippen LogP contribution in [0.25, 0.3) is 0 Å². The summed E-state index contributed by atoms with van der Waals surface area (Å²) < 4.78 is 36.9. The van der Waals surface area contributed by atoms with E-state index in [1.54, 1.807) is 18.2 Å². The van der Waals surface area contributed by atoms with E-state index in [9.17, 15) is 23.1 Å². The summed E-state index contributed by atoms with van der Waals surface area (Å²) in [4.78, 5) is 12.4. The molecular formula is C14H16F3NO2S. The number of nitrogens with one attached hydrogen (secondary N) is 1. The van der Waals surface area contributed by atoms with Crippen molar-refractivity contribution in [2.75, 3.05) is 11.1 Å². The standard InChI is InChI=1S/C14H16F3NO2S/c15-14(16,17)8-21-12-7-2-1-5-10(12)18-13(20)9-4-3-6-11(9)19/h1-2,5,7,9,11,19H,3-4,6,8H2,(H,18,20). The molecule has 2 rings (SSSR count). The van der Waals surface area contributed by atoms with Gasteiger partial charge in [-0.05, 0) is 31.4 Å². The van der Waals surface area contributed by atoms with Gasteiger partial charge in [0.25, 0.3) is 0 Å². The number of hydrogen-bond donors (Lipinski definition) is 2. The average Bonchev–Trinajstić information content (AvgIpc) is 2.83. The van der Waals surface area contributed by atoms with E-state index in [2.05, 4.69) is 5.32 Å². The van der Waals surface area contributed by atoms with Gasteiger partial charge in [-0.25, -0.2) is 0 Å². The first kappa shape index (κ1) is 16.2. The number of thioether (sulfide) groups is 1. The molecule has 0 aromatic heterocycles. The minimum absolute atomic E-state index is 0.333. The van der Waals surface area contributed by atoms with E-state index < -0.39 is 24.0 Å². The van der Waals surface area contributed by atoms with Crippen LogP contribution in [0.1, 0.15) is 19.3 Å². The smallest absolute Gasteiger partial charge is 0.392 e. The predicted octanol–water partition coefficient (Wildman–Crippen LogP) is 3.44. The zero-order valence-electron chi connectivity index (χ0n) is 11.2. The summed E-state index contributed by atoms with van der Waals surface area (Å²) in [6, 6.07) is 6.38. The fraction of sp³-hybridized carbons (Fsp3) is 0.500. The third-order valence-electron chi connectivity index (χ3n) is 3.35. The number of halogens is 3. The third kappa shape index (κ3) is 4.64. The first-order valence-corrected chi connectivity index (χ1v) is 7.63. The zero-order chi connectivity index (χ0) is 15.5. The zero-order valence-corrected chi connectivity index (χ0v) is 12.0. The molecule has 0 bridgehead atoms. The number of anilines is 1. The monoisotopic (exact) mass is 319 g/mol. The van der Waals surface area contributed by atoms with Crippen molar-refractivity contribution in [2.45, 2.75) is 36.4 Å². The molecule has 1 amide bonds. The molecule has 0 aliphatic heterocycles. The molecule has 0 radical (unpaired) electrons. The van der Waals surface area contributed by atoms with Gasteiger partial charge in [0.15, 0.2) is 0 Å². The van der Waals surface area contributed by atoms with Gasteiger partial charge < -0.3 is 10.4 Å². The lowest BCUT2D eigenvalue weighted by Crippen LogP contribution is -2.28. The van der Waals surface area contributed by atoms with Gasteiger partial charge in [-0.2, -0.15) is 13.2 Å². The second-order valence-corrected chi connectivity index (χ2v) is 6.01. The molecule has 116 valence electrons. The molecule has 1 aromatic carbocycles. The number of rotatable bonds is 4. The van der Waals surface area contributed by atoms with Crippen LogP contribution < -0.4 is 5.32 Å². The highest BCUT2D eigenvalue weighted by molar-refractivity contribution is 7.99. The predicted molar refractivity (Wildman–Crippen MR) is 75.2 cm³/mol. The third-order valence-corrected chi connectivity index (χ3v) is 4.49. The van der Waals surface area contributed by atoms with E-state index >= 15 is 0 Å². The summed E-state index contributed by atoms with van der Waals surface area (Å²) in [6.07, 6.45) is -2.96. The highest BCUT2D eigenvalue weighted by atomic mass is 32.2. The van der Waals surface area contributed by atoms with E-state index in [4.69, 9.17) is 0 Å². The van der Waals surface area contributed by atoms with E-state index in [1.165, 1.54) is 6.07 Å². The Hall–Kier alpha value is -1.21. The highest BCUT2D eigenvalue weighted by Crippen LogP contribution is 2.33. The van der Waals surface area contributed by atoms with Crippen LogP contribution in [0.4, 0.5) is 18.9 Å². The Balaban J connectivity index is 2.04.